The van der Waals surface area contributed by atoms with Gasteiger partial charge in [-0.25, -0.2) is 4.79 Å². The minimum Gasteiger partial charge on any atom is -0.435 e. The van der Waals surface area contributed by atoms with Gasteiger partial charge < -0.3 is 19.7 Å². The van der Waals surface area contributed by atoms with Gasteiger partial charge in [0.1, 0.15) is 0 Å². The molecule has 3 atom stereocenters. The standard InChI is InChI=1S/C18H28O5/c1-6-22-16(21)23-18(9-7-13(2)8-10-19)14(3)11-15(20)12-17(18,4)5/h8,14-15,19-20H,6,10-12H2,1-5H3/b13-8+/t14-,15-,18+/m1/s1. The van der Waals surface area contributed by atoms with E-state index in [0.29, 0.717) is 18.4 Å². The fraction of sp³-hybridized carbons (Fsp3) is 0.722. The van der Waals surface area contributed by atoms with Crippen molar-refractivity contribution in [1.82, 2.24) is 0 Å². The lowest BCUT2D eigenvalue weighted by molar-refractivity contribution is -0.139. The highest BCUT2D eigenvalue weighted by molar-refractivity contribution is 5.62. The molecule has 2 N–H and O–H groups in total. The molecule has 0 heterocycles. The third-order valence-electron chi connectivity index (χ3n) is 4.42. The normalized spacial score (nSPS) is 30.1. The van der Waals surface area contributed by atoms with Crippen LogP contribution in [0.25, 0.3) is 0 Å². The maximum atomic E-state index is 12.0. The van der Waals surface area contributed by atoms with E-state index in [1.807, 2.05) is 20.8 Å². The molecule has 0 aromatic heterocycles. The third-order valence-corrected chi connectivity index (χ3v) is 4.42. The van der Waals surface area contributed by atoms with E-state index in [4.69, 9.17) is 14.6 Å². The fourth-order valence-corrected chi connectivity index (χ4v) is 3.28. The van der Waals surface area contributed by atoms with Gasteiger partial charge in [0.05, 0.1) is 19.3 Å². The Morgan fingerprint density at radius 2 is 2.09 bits per heavy atom. The number of allylic oxidation sites excluding steroid dienone is 1. The summed E-state index contributed by atoms with van der Waals surface area (Å²) in [7, 11) is 0. The molecule has 0 saturated heterocycles. The van der Waals surface area contributed by atoms with Crippen molar-refractivity contribution in [2.75, 3.05) is 13.2 Å². The first-order valence-electron chi connectivity index (χ1n) is 8.03. The monoisotopic (exact) mass is 324 g/mol. The van der Waals surface area contributed by atoms with Crippen LogP contribution in [0.2, 0.25) is 0 Å². The van der Waals surface area contributed by atoms with Gasteiger partial charge in [-0.05, 0) is 44.3 Å². The fourth-order valence-electron chi connectivity index (χ4n) is 3.28. The highest BCUT2D eigenvalue weighted by atomic mass is 16.7. The highest BCUT2D eigenvalue weighted by Gasteiger charge is 2.56. The van der Waals surface area contributed by atoms with Crippen LogP contribution in [0, 0.1) is 23.2 Å². The van der Waals surface area contributed by atoms with Crippen molar-refractivity contribution < 1.29 is 24.5 Å². The van der Waals surface area contributed by atoms with Crippen LogP contribution in [0.1, 0.15) is 47.5 Å². The van der Waals surface area contributed by atoms with Crippen molar-refractivity contribution in [1.29, 1.82) is 0 Å². The van der Waals surface area contributed by atoms with E-state index < -0.39 is 23.3 Å². The summed E-state index contributed by atoms with van der Waals surface area (Å²) in [5.41, 5.74) is -0.889. The van der Waals surface area contributed by atoms with Gasteiger partial charge in [-0.1, -0.05) is 26.7 Å². The van der Waals surface area contributed by atoms with E-state index in [1.54, 1.807) is 19.9 Å². The quantitative estimate of drug-likeness (QED) is 0.616. The van der Waals surface area contributed by atoms with Crippen LogP contribution in [-0.2, 0) is 9.47 Å². The smallest absolute Gasteiger partial charge is 0.435 e. The maximum Gasteiger partial charge on any atom is 0.509 e. The lowest BCUT2D eigenvalue weighted by Gasteiger charge is -2.50. The Morgan fingerprint density at radius 3 is 2.61 bits per heavy atom. The first-order valence-corrected chi connectivity index (χ1v) is 8.03. The summed E-state index contributed by atoms with van der Waals surface area (Å²) in [6.07, 6.45) is 1.38. The van der Waals surface area contributed by atoms with Gasteiger partial charge in [-0.3, -0.25) is 0 Å². The molecule has 0 amide bonds. The van der Waals surface area contributed by atoms with E-state index in [0.717, 1.165) is 0 Å². The maximum absolute atomic E-state index is 12.0. The SMILES string of the molecule is CCOC(=O)O[C@@]1(C#C/C(C)=C/CO)[C@H](C)C[C@@H](O)CC1(C)C. The largest absolute Gasteiger partial charge is 0.509 e. The molecule has 0 bridgehead atoms. The molecule has 1 saturated carbocycles. The molecule has 23 heavy (non-hydrogen) atoms. The van der Waals surface area contributed by atoms with Gasteiger partial charge >= 0.3 is 6.16 Å². The molecule has 5 heteroatoms. The van der Waals surface area contributed by atoms with E-state index in [9.17, 15) is 9.90 Å². The number of ether oxygens (including phenoxy) is 2. The molecule has 130 valence electrons. The van der Waals surface area contributed by atoms with Crippen molar-refractivity contribution in [2.45, 2.75) is 59.2 Å². The van der Waals surface area contributed by atoms with Crippen LogP contribution in [-0.4, -0.2) is 41.3 Å². The molecule has 0 unspecified atom stereocenters. The zero-order valence-corrected chi connectivity index (χ0v) is 14.7. The molecule has 0 aromatic rings. The predicted octanol–water partition coefficient (Wildman–Crippen LogP) is 2.66. The Kier molecular flexibility index (Phi) is 6.67. The van der Waals surface area contributed by atoms with Crippen molar-refractivity contribution in [3.63, 3.8) is 0 Å². The lowest BCUT2D eigenvalue weighted by atomic mass is 9.60. The number of aliphatic hydroxyl groups excluding tert-OH is 2. The first kappa shape index (κ1) is 19.5. The second kappa shape index (κ2) is 7.85. The van der Waals surface area contributed by atoms with Crippen LogP contribution in [0.3, 0.4) is 0 Å². The molecule has 1 aliphatic carbocycles. The Bertz CT molecular complexity index is 511. The van der Waals surface area contributed by atoms with Gasteiger partial charge in [0.25, 0.3) is 0 Å². The Balaban J connectivity index is 3.29. The molecule has 0 aliphatic heterocycles. The predicted molar refractivity (Wildman–Crippen MR) is 87.6 cm³/mol. The lowest BCUT2D eigenvalue weighted by Crippen LogP contribution is -2.57. The zero-order valence-electron chi connectivity index (χ0n) is 14.7. The Morgan fingerprint density at radius 1 is 1.43 bits per heavy atom. The van der Waals surface area contributed by atoms with Crippen molar-refractivity contribution >= 4 is 6.16 Å². The number of carbonyl (C=O) groups excluding carboxylic acids is 1. The van der Waals surface area contributed by atoms with E-state index in [-0.39, 0.29) is 19.1 Å². The summed E-state index contributed by atoms with van der Waals surface area (Å²) in [6, 6.07) is 0. The van der Waals surface area contributed by atoms with Gasteiger partial charge in [0.2, 0.25) is 0 Å². The van der Waals surface area contributed by atoms with Gasteiger partial charge in [0, 0.05) is 11.3 Å². The molecule has 1 aliphatic rings. The van der Waals surface area contributed by atoms with E-state index in [1.165, 1.54) is 0 Å². The van der Waals surface area contributed by atoms with Crippen LogP contribution in [0.15, 0.2) is 11.6 Å². The molecule has 1 fully saturated rings. The van der Waals surface area contributed by atoms with Gasteiger partial charge in [0.15, 0.2) is 5.60 Å². The summed E-state index contributed by atoms with van der Waals surface area (Å²) >= 11 is 0. The summed E-state index contributed by atoms with van der Waals surface area (Å²) in [5, 5.41) is 19.0. The zero-order chi connectivity index (χ0) is 17.7. The molecule has 0 spiro atoms. The number of rotatable bonds is 3. The Labute approximate surface area is 138 Å². The van der Waals surface area contributed by atoms with Gasteiger partial charge in [-0.15, -0.1) is 0 Å². The van der Waals surface area contributed by atoms with Crippen molar-refractivity contribution in [3.05, 3.63) is 11.6 Å². The summed E-state index contributed by atoms with van der Waals surface area (Å²) in [6.45, 7) is 9.43. The summed E-state index contributed by atoms with van der Waals surface area (Å²) in [4.78, 5) is 12.0. The molecule has 0 aromatic carbocycles. The molecule has 0 radical (unpaired) electrons. The summed E-state index contributed by atoms with van der Waals surface area (Å²) < 4.78 is 10.6. The minimum absolute atomic E-state index is 0.0933. The number of hydrogen-bond donors (Lipinski definition) is 2. The molecular weight excluding hydrogens is 296 g/mol. The van der Waals surface area contributed by atoms with Crippen LogP contribution in [0.4, 0.5) is 4.79 Å². The average molecular weight is 324 g/mol. The van der Waals surface area contributed by atoms with Crippen molar-refractivity contribution in [3.8, 4) is 11.8 Å². The van der Waals surface area contributed by atoms with E-state index >= 15 is 0 Å². The molecular formula is C18H28O5. The number of carbonyl (C=O) groups is 1. The minimum atomic E-state index is -1.05. The topological polar surface area (TPSA) is 76.0 Å². The Hall–Kier alpha value is -1.51. The third kappa shape index (κ3) is 4.49. The highest BCUT2D eigenvalue weighted by Crippen LogP contribution is 2.49. The van der Waals surface area contributed by atoms with Crippen LogP contribution in [0.5, 0.6) is 0 Å². The second-order valence-electron chi connectivity index (χ2n) is 6.72. The van der Waals surface area contributed by atoms with Crippen molar-refractivity contribution in [2.24, 2.45) is 11.3 Å². The first-order chi connectivity index (χ1) is 10.7. The summed E-state index contributed by atoms with van der Waals surface area (Å²) in [5.74, 6) is 5.93. The van der Waals surface area contributed by atoms with Crippen LogP contribution >= 0.6 is 0 Å². The second-order valence-corrected chi connectivity index (χ2v) is 6.72. The number of aliphatic hydroxyl groups is 2. The van der Waals surface area contributed by atoms with Crippen LogP contribution < -0.4 is 0 Å². The molecule has 1 rings (SSSR count). The van der Waals surface area contributed by atoms with Gasteiger partial charge in [-0.2, -0.15) is 0 Å². The average Bonchev–Trinajstić information content (AvgIpc) is 2.41. The number of hydrogen-bond acceptors (Lipinski definition) is 5. The molecule has 5 nitrogen and oxygen atoms in total. The van der Waals surface area contributed by atoms with E-state index in [2.05, 4.69) is 11.8 Å².